The molecule has 3 nitrogen and oxygen atoms in total. The molecule has 0 aliphatic heterocycles. The highest BCUT2D eigenvalue weighted by Gasteiger charge is 2.21. The van der Waals surface area contributed by atoms with E-state index in [-0.39, 0.29) is 6.10 Å². The quantitative estimate of drug-likeness (QED) is 0.813. The lowest BCUT2D eigenvalue weighted by Crippen LogP contribution is -2.25. The summed E-state index contributed by atoms with van der Waals surface area (Å²) in [7, 11) is 0. The van der Waals surface area contributed by atoms with E-state index in [1.807, 2.05) is 0 Å². The molecule has 1 aliphatic carbocycles. The monoisotopic (exact) mass is 252 g/mol. The van der Waals surface area contributed by atoms with Gasteiger partial charge in [-0.2, -0.15) is 5.26 Å². The van der Waals surface area contributed by atoms with Gasteiger partial charge in [-0.25, -0.2) is 4.98 Å². The van der Waals surface area contributed by atoms with Crippen LogP contribution in [0.3, 0.4) is 0 Å². The molecule has 1 aromatic rings. The van der Waals surface area contributed by atoms with E-state index >= 15 is 0 Å². The van der Waals surface area contributed by atoms with Crippen molar-refractivity contribution in [3.8, 4) is 11.9 Å². The van der Waals surface area contributed by atoms with Gasteiger partial charge in [0.25, 0.3) is 0 Å². The fraction of sp³-hybridized carbons (Fsp3) is 0.400. The Balaban J connectivity index is 2.19. The Morgan fingerprint density at radius 2 is 2.36 bits per heavy atom. The summed E-state index contributed by atoms with van der Waals surface area (Å²) in [5.74, 6) is 0.459. The molecule has 4 heteroatoms. The molecule has 2 rings (SSSR count). The zero-order valence-corrected chi connectivity index (χ0v) is 9.12. The van der Waals surface area contributed by atoms with Crippen LogP contribution in [0.25, 0.3) is 0 Å². The molecule has 1 aliphatic rings. The van der Waals surface area contributed by atoms with Crippen LogP contribution < -0.4 is 4.74 Å². The van der Waals surface area contributed by atoms with E-state index in [9.17, 15) is 0 Å². The number of nitriles is 1. The number of pyridine rings is 1. The van der Waals surface area contributed by atoms with Crippen molar-refractivity contribution in [3.05, 3.63) is 22.3 Å². The first-order valence-corrected chi connectivity index (χ1v) is 5.31. The smallest absolute Gasteiger partial charge is 0.231 e. The first-order valence-electron chi connectivity index (χ1n) is 4.52. The van der Waals surface area contributed by atoms with Crippen LogP contribution in [0, 0.1) is 11.3 Å². The zero-order chi connectivity index (χ0) is 9.97. The minimum Gasteiger partial charge on any atom is -0.473 e. The van der Waals surface area contributed by atoms with E-state index < -0.39 is 0 Å². The average molecular weight is 253 g/mol. The summed E-state index contributed by atoms with van der Waals surface area (Å²) >= 11 is 3.27. The summed E-state index contributed by atoms with van der Waals surface area (Å²) in [6.07, 6.45) is 5.26. The van der Waals surface area contributed by atoms with Crippen LogP contribution in [0.1, 0.15) is 24.8 Å². The maximum Gasteiger partial charge on any atom is 0.231 e. The number of ether oxygens (including phenoxy) is 1. The molecule has 1 fully saturated rings. The fourth-order valence-electron chi connectivity index (χ4n) is 1.25. The third-order valence-electron chi connectivity index (χ3n) is 2.27. The maximum absolute atomic E-state index is 8.86. The molecule has 0 unspecified atom stereocenters. The third-order valence-corrected chi connectivity index (χ3v) is 2.70. The van der Waals surface area contributed by atoms with E-state index in [1.54, 1.807) is 12.3 Å². The second-order valence-corrected chi connectivity index (χ2v) is 4.20. The van der Waals surface area contributed by atoms with Crippen molar-refractivity contribution in [2.45, 2.75) is 25.4 Å². The lowest BCUT2D eigenvalue weighted by Gasteiger charge is -2.25. The first-order chi connectivity index (χ1) is 6.79. The van der Waals surface area contributed by atoms with Crippen LogP contribution in [-0.2, 0) is 0 Å². The van der Waals surface area contributed by atoms with E-state index in [0.29, 0.717) is 11.4 Å². The van der Waals surface area contributed by atoms with E-state index in [0.717, 1.165) is 17.3 Å². The molecule has 0 amide bonds. The minimum atomic E-state index is 0.260. The number of aromatic nitrogens is 1. The lowest BCUT2D eigenvalue weighted by atomic mass is 9.96. The van der Waals surface area contributed by atoms with Gasteiger partial charge in [-0.15, -0.1) is 0 Å². The van der Waals surface area contributed by atoms with Gasteiger partial charge in [0.2, 0.25) is 5.88 Å². The summed E-state index contributed by atoms with van der Waals surface area (Å²) in [5, 5.41) is 8.86. The average Bonchev–Trinajstić information content (AvgIpc) is 2.13. The van der Waals surface area contributed by atoms with Crippen LogP contribution in [0.2, 0.25) is 0 Å². The van der Waals surface area contributed by atoms with Crippen LogP contribution >= 0.6 is 15.9 Å². The molecule has 72 valence electrons. The van der Waals surface area contributed by atoms with Gasteiger partial charge in [0.05, 0.1) is 0 Å². The molecule has 0 N–H and O–H groups in total. The molecule has 0 atom stereocenters. The van der Waals surface area contributed by atoms with E-state index in [2.05, 4.69) is 27.0 Å². The standard InChI is InChI=1S/C10H9BrN2O/c11-8-4-7(5-12)10(13-6-8)14-9-2-1-3-9/h4,6,9H,1-3H2. The molecule has 0 aromatic carbocycles. The molecule has 0 saturated heterocycles. The van der Waals surface area contributed by atoms with Gasteiger partial charge in [0.15, 0.2) is 0 Å². The van der Waals surface area contributed by atoms with Crippen molar-refractivity contribution < 1.29 is 4.74 Å². The van der Waals surface area contributed by atoms with Crippen LogP contribution in [0.15, 0.2) is 16.7 Å². The van der Waals surface area contributed by atoms with Gasteiger partial charge in [-0.1, -0.05) is 0 Å². The number of hydrogen-bond acceptors (Lipinski definition) is 3. The summed E-state index contributed by atoms with van der Waals surface area (Å²) in [6, 6.07) is 3.80. The van der Waals surface area contributed by atoms with Crippen molar-refractivity contribution in [3.63, 3.8) is 0 Å². The molecular weight excluding hydrogens is 244 g/mol. The van der Waals surface area contributed by atoms with Gasteiger partial charge < -0.3 is 4.74 Å². The van der Waals surface area contributed by atoms with Crippen molar-refractivity contribution in [1.82, 2.24) is 4.98 Å². The Hall–Kier alpha value is -1.08. The molecule has 14 heavy (non-hydrogen) atoms. The van der Waals surface area contributed by atoms with Crippen LogP contribution in [-0.4, -0.2) is 11.1 Å². The molecule has 1 heterocycles. The summed E-state index contributed by atoms with van der Waals surface area (Å²) in [5.41, 5.74) is 0.492. The molecule has 1 saturated carbocycles. The largest absolute Gasteiger partial charge is 0.473 e. The van der Waals surface area contributed by atoms with Crippen molar-refractivity contribution in [2.24, 2.45) is 0 Å². The molecule has 0 spiro atoms. The van der Waals surface area contributed by atoms with E-state index in [1.165, 1.54) is 6.42 Å². The van der Waals surface area contributed by atoms with Crippen LogP contribution in [0.5, 0.6) is 5.88 Å². The highest BCUT2D eigenvalue weighted by atomic mass is 79.9. The van der Waals surface area contributed by atoms with Gasteiger partial charge in [-0.05, 0) is 41.3 Å². The normalized spacial score (nSPS) is 15.7. The fourth-order valence-corrected chi connectivity index (χ4v) is 1.58. The predicted molar refractivity (Wildman–Crippen MR) is 54.9 cm³/mol. The van der Waals surface area contributed by atoms with Gasteiger partial charge in [0.1, 0.15) is 17.7 Å². The van der Waals surface area contributed by atoms with Crippen LogP contribution in [0.4, 0.5) is 0 Å². The maximum atomic E-state index is 8.86. The van der Waals surface area contributed by atoms with Gasteiger partial charge in [-0.3, -0.25) is 0 Å². The second kappa shape index (κ2) is 3.97. The zero-order valence-electron chi connectivity index (χ0n) is 7.53. The molecular formula is C10H9BrN2O. The van der Waals surface area contributed by atoms with E-state index in [4.69, 9.17) is 10.00 Å². The Morgan fingerprint density at radius 1 is 1.57 bits per heavy atom. The number of hydrogen-bond donors (Lipinski definition) is 0. The highest BCUT2D eigenvalue weighted by molar-refractivity contribution is 9.10. The summed E-state index contributed by atoms with van der Waals surface area (Å²) in [4.78, 5) is 4.08. The Bertz CT molecular complexity index is 382. The topological polar surface area (TPSA) is 45.9 Å². The third kappa shape index (κ3) is 1.88. The first kappa shape index (κ1) is 9.47. The second-order valence-electron chi connectivity index (χ2n) is 3.29. The number of halogens is 1. The van der Waals surface area contributed by atoms with Gasteiger partial charge >= 0.3 is 0 Å². The Morgan fingerprint density at radius 3 is 2.93 bits per heavy atom. The lowest BCUT2D eigenvalue weighted by molar-refractivity contribution is 0.114. The van der Waals surface area contributed by atoms with Crippen molar-refractivity contribution in [2.75, 3.05) is 0 Å². The predicted octanol–water partition coefficient (Wildman–Crippen LogP) is 2.65. The summed E-state index contributed by atoms with van der Waals surface area (Å²) in [6.45, 7) is 0. The number of nitrogens with zero attached hydrogens (tertiary/aromatic N) is 2. The molecule has 0 radical (unpaired) electrons. The minimum absolute atomic E-state index is 0.260. The number of rotatable bonds is 2. The SMILES string of the molecule is N#Cc1cc(Br)cnc1OC1CCC1. The molecule has 0 bridgehead atoms. The highest BCUT2D eigenvalue weighted by Crippen LogP contribution is 2.26. The Kier molecular flexibility index (Phi) is 2.69. The molecule has 1 aromatic heterocycles. The van der Waals surface area contributed by atoms with Crippen molar-refractivity contribution >= 4 is 15.9 Å². The van der Waals surface area contributed by atoms with Crippen molar-refractivity contribution in [1.29, 1.82) is 5.26 Å². The summed E-state index contributed by atoms with van der Waals surface area (Å²) < 4.78 is 6.37. The van der Waals surface area contributed by atoms with Gasteiger partial charge in [0, 0.05) is 10.7 Å². The Labute approximate surface area is 90.8 Å².